The van der Waals surface area contributed by atoms with Crippen LogP contribution in [-0.4, -0.2) is 42.9 Å². The lowest BCUT2D eigenvalue weighted by Crippen LogP contribution is -2.26. The van der Waals surface area contributed by atoms with Crippen molar-refractivity contribution in [1.82, 2.24) is 9.80 Å². The van der Waals surface area contributed by atoms with Crippen molar-refractivity contribution in [3.05, 3.63) is 47.2 Å². The molecule has 18 heavy (non-hydrogen) atoms. The van der Waals surface area contributed by atoms with E-state index in [9.17, 15) is 4.79 Å². The number of allylic oxidation sites excluding steroid dienone is 2. The van der Waals surface area contributed by atoms with E-state index in [1.165, 1.54) is 11.0 Å². The Kier molecular flexibility index (Phi) is 4.93. The molecule has 0 aliphatic carbocycles. The molecule has 0 N–H and O–H groups in total. The Balaban J connectivity index is 3.30. The van der Waals surface area contributed by atoms with Gasteiger partial charge in [0.25, 0.3) is 0 Å². The molecule has 0 bridgehead atoms. The third-order valence-corrected chi connectivity index (χ3v) is 3.32. The first-order valence-corrected chi connectivity index (χ1v) is 6.12. The van der Waals surface area contributed by atoms with Crippen molar-refractivity contribution < 1.29 is 4.79 Å². The third-order valence-electron chi connectivity index (χ3n) is 2.92. The van der Waals surface area contributed by atoms with Gasteiger partial charge in [-0.15, -0.1) is 0 Å². The van der Waals surface area contributed by atoms with E-state index < -0.39 is 0 Å². The predicted octanol–water partition coefficient (Wildman–Crippen LogP) is 2.53. The molecule has 98 valence electrons. The predicted molar refractivity (Wildman–Crippen MR) is 76.2 cm³/mol. The van der Waals surface area contributed by atoms with Gasteiger partial charge < -0.3 is 4.90 Å². The summed E-state index contributed by atoms with van der Waals surface area (Å²) >= 11 is 6.24. The second-order valence-corrected chi connectivity index (χ2v) is 4.75. The second-order valence-electron chi connectivity index (χ2n) is 4.34. The molecule has 0 saturated carbocycles. The fourth-order valence-corrected chi connectivity index (χ4v) is 2.23. The van der Waals surface area contributed by atoms with Crippen molar-refractivity contribution >= 4 is 17.5 Å². The van der Waals surface area contributed by atoms with Gasteiger partial charge in [0.1, 0.15) is 0 Å². The van der Waals surface area contributed by atoms with Gasteiger partial charge in [0.15, 0.2) is 0 Å². The normalized spacial score (nSPS) is 20.0. The molecule has 1 aliphatic rings. The molecule has 1 rings (SSSR count). The topological polar surface area (TPSA) is 23.6 Å². The summed E-state index contributed by atoms with van der Waals surface area (Å²) in [4.78, 5) is 15.4. The Morgan fingerprint density at radius 1 is 1.50 bits per heavy atom. The number of nitrogens with zero attached hydrogens (tertiary/aromatic N) is 2. The number of amides is 1. The number of halogens is 1. The molecule has 0 aromatic rings. The van der Waals surface area contributed by atoms with Crippen molar-refractivity contribution in [1.29, 1.82) is 0 Å². The lowest BCUT2D eigenvalue weighted by atomic mass is 10.1. The fourth-order valence-electron chi connectivity index (χ4n) is 1.99. The Labute approximate surface area is 114 Å². The van der Waals surface area contributed by atoms with Crippen LogP contribution in [0.5, 0.6) is 0 Å². The van der Waals surface area contributed by atoms with Crippen molar-refractivity contribution in [2.24, 2.45) is 0 Å². The highest BCUT2D eigenvalue weighted by Crippen LogP contribution is 2.30. The van der Waals surface area contributed by atoms with E-state index in [1.54, 1.807) is 13.1 Å². The van der Waals surface area contributed by atoms with E-state index in [4.69, 9.17) is 11.6 Å². The molecule has 0 unspecified atom stereocenters. The maximum absolute atomic E-state index is 11.8. The number of carbonyl (C=O) groups is 1. The average Bonchev–Trinajstić information content (AvgIpc) is 2.67. The summed E-state index contributed by atoms with van der Waals surface area (Å²) in [5.74, 6) is -0.181. The third kappa shape index (κ3) is 2.92. The average molecular weight is 267 g/mol. The van der Waals surface area contributed by atoms with Crippen LogP contribution in [0.2, 0.25) is 0 Å². The standard InChI is InChI=1S/C14H19ClN2O/c1-6-12(15)14(17(5)13(18)7-2)11-9-16(4)8-10(11)3/h6-7H,2-3,8-9H2,1,4-5H3/b12-6+,14-11+. The number of rotatable bonds is 3. The summed E-state index contributed by atoms with van der Waals surface area (Å²) in [6.45, 7) is 10.9. The van der Waals surface area contributed by atoms with Gasteiger partial charge in [-0.25, -0.2) is 0 Å². The van der Waals surface area contributed by atoms with Gasteiger partial charge in [0.2, 0.25) is 5.91 Å². The zero-order valence-corrected chi connectivity index (χ0v) is 11.9. The van der Waals surface area contributed by atoms with Crippen molar-refractivity contribution in [3.8, 4) is 0 Å². The first kappa shape index (κ1) is 14.7. The smallest absolute Gasteiger partial charge is 0.250 e. The van der Waals surface area contributed by atoms with Gasteiger partial charge >= 0.3 is 0 Å². The van der Waals surface area contributed by atoms with Crippen molar-refractivity contribution in [2.75, 3.05) is 27.2 Å². The maximum Gasteiger partial charge on any atom is 0.250 e. The Morgan fingerprint density at radius 2 is 2.11 bits per heavy atom. The Bertz CT molecular complexity index is 449. The van der Waals surface area contributed by atoms with Gasteiger partial charge in [-0.05, 0) is 31.2 Å². The highest BCUT2D eigenvalue weighted by Gasteiger charge is 2.25. The van der Waals surface area contributed by atoms with Crippen molar-refractivity contribution in [2.45, 2.75) is 6.92 Å². The largest absolute Gasteiger partial charge is 0.310 e. The Morgan fingerprint density at radius 3 is 2.50 bits per heavy atom. The number of likely N-dealkylation sites (tertiary alicyclic amines) is 1. The summed E-state index contributed by atoms with van der Waals surface area (Å²) < 4.78 is 0. The van der Waals surface area contributed by atoms with E-state index in [0.29, 0.717) is 5.03 Å². The molecule has 0 aromatic carbocycles. The van der Waals surface area contributed by atoms with Crippen LogP contribution in [0.4, 0.5) is 0 Å². The van der Waals surface area contributed by atoms with Crippen LogP contribution in [-0.2, 0) is 4.79 Å². The monoisotopic (exact) mass is 266 g/mol. The highest BCUT2D eigenvalue weighted by atomic mass is 35.5. The highest BCUT2D eigenvalue weighted by molar-refractivity contribution is 6.32. The van der Waals surface area contributed by atoms with Gasteiger partial charge in [-0.3, -0.25) is 9.69 Å². The van der Waals surface area contributed by atoms with E-state index in [2.05, 4.69) is 18.1 Å². The molecule has 4 heteroatoms. The van der Waals surface area contributed by atoms with Crippen LogP contribution in [0.3, 0.4) is 0 Å². The summed E-state index contributed by atoms with van der Waals surface area (Å²) in [6.07, 6.45) is 3.06. The molecule has 1 amide bonds. The SMILES string of the molecule is C=CC(=O)N(C)C(=C1\CN(C)CC1=C)/C(Cl)=C\C. The Hall–Kier alpha value is -1.32. The van der Waals surface area contributed by atoms with Gasteiger partial charge in [-0.2, -0.15) is 0 Å². The molecule has 0 aromatic heterocycles. The van der Waals surface area contributed by atoms with Crippen LogP contribution in [0.15, 0.2) is 47.2 Å². The molecular weight excluding hydrogens is 248 g/mol. The zero-order valence-electron chi connectivity index (χ0n) is 11.2. The van der Waals surface area contributed by atoms with E-state index in [-0.39, 0.29) is 5.91 Å². The van der Waals surface area contributed by atoms with E-state index >= 15 is 0 Å². The van der Waals surface area contributed by atoms with E-state index in [1.807, 2.05) is 14.0 Å². The van der Waals surface area contributed by atoms with E-state index in [0.717, 1.165) is 29.9 Å². The van der Waals surface area contributed by atoms with Gasteiger partial charge in [0.05, 0.1) is 10.7 Å². The molecule has 3 nitrogen and oxygen atoms in total. The molecule has 0 radical (unpaired) electrons. The molecule has 1 aliphatic heterocycles. The molecule has 1 fully saturated rings. The minimum absolute atomic E-state index is 0.181. The van der Waals surface area contributed by atoms with Crippen molar-refractivity contribution in [3.63, 3.8) is 0 Å². The number of carbonyl (C=O) groups excluding carboxylic acids is 1. The first-order valence-electron chi connectivity index (χ1n) is 5.74. The number of hydrogen-bond acceptors (Lipinski definition) is 2. The summed E-state index contributed by atoms with van der Waals surface area (Å²) in [5, 5.41) is 0.555. The lowest BCUT2D eigenvalue weighted by Gasteiger charge is -2.22. The second kappa shape index (κ2) is 6.03. The molecule has 1 heterocycles. The minimum Gasteiger partial charge on any atom is -0.310 e. The van der Waals surface area contributed by atoms with Crippen LogP contribution >= 0.6 is 11.6 Å². The molecule has 1 saturated heterocycles. The molecule has 0 atom stereocenters. The van der Waals surface area contributed by atoms with Crippen LogP contribution in [0, 0.1) is 0 Å². The van der Waals surface area contributed by atoms with Crippen LogP contribution < -0.4 is 0 Å². The molecule has 0 spiro atoms. The molecular formula is C14H19ClN2O. The summed E-state index contributed by atoms with van der Waals surface area (Å²) in [7, 11) is 3.71. The first-order chi connectivity index (χ1) is 8.42. The minimum atomic E-state index is -0.181. The van der Waals surface area contributed by atoms with Crippen LogP contribution in [0.25, 0.3) is 0 Å². The lowest BCUT2D eigenvalue weighted by molar-refractivity contribution is -0.123. The summed E-state index contributed by atoms with van der Waals surface area (Å²) in [5.41, 5.74) is 2.73. The number of likely N-dealkylation sites (N-methyl/N-ethyl adjacent to an activating group) is 2. The zero-order chi connectivity index (χ0) is 13.9. The quantitative estimate of drug-likeness (QED) is 0.733. The van der Waals surface area contributed by atoms with Gasteiger partial charge in [-0.1, -0.05) is 30.8 Å². The summed E-state index contributed by atoms with van der Waals surface area (Å²) in [6, 6.07) is 0. The van der Waals surface area contributed by atoms with Crippen LogP contribution in [0.1, 0.15) is 6.92 Å². The number of hydrogen-bond donors (Lipinski definition) is 0. The fraction of sp³-hybridized carbons (Fsp3) is 0.357. The van der Waals surface area contributed by atoms with Gasteiger partial charge in [0, 0.05) is 20.1 Å². The maximum atomic E-state index is 11.8.